The largest absolute Gasteiger partial charge is 0.465 e. The number of hydrogen-bond acceptors (Lipinski definition) is 4. The van der Waals surface area contributed by atoms with Crippen LogP contribution in [0.25, 0.3) is 0 Å². The second-order valence-corrected chi connectivity index (χ2v) is 4.72. The molecule has 9 heteroatoms. The summed E-state index contributed by atoms with van der Waals surface area (Å²) in [6.07, 6.45) is -2.47. The van der Waals surface area contributed by atoms with Gasteiger partial charge in [-0.25, -0.2) is 13.6 Å². The minimum absolute atomic E-state index is 0.0131. The van der Waals surface area contributed by atoms with Crippen LogP contribution in [0.15, 0.2) is 18.2 Å². The summed E-state index contributed by atoms with van der Waals surface area (Å²) >= 11 is 0. The number of nitrogens with one attached hydrogen (secondary N) is 1. The average Bonchev–Trinajstić information content (AvgIpc) is 2.78. The highest BCUT2D eigenvalue weighted by molar-refractivity contribution is 5.66. The molecule has 7 nitrogen and oxygen atoms in total. The fraction of sp³-hybridized carbons (Fsp3) is 0.417. The number of likely N-dealkylation sites (tertiary alicyclic amines) is 1. The molecule has 0 aliphatic carbocycles. The molecule has 1 unspecified atom stereocenters. The number of nitro benzene ring substituents is 1. The molecule has 0 aromatic heterocycles. The lowest BCUT2D eigenvalue weighted by Gasteiger charge is -2.21. The minimum Gasteiger partial charge on any atom is -0.465 e. The number of alkyl halides is 1. The monoisotopic (exact) mass is 301 g/mol. The Labute approximate surface area is 118 Å². The Morgan fingerprint density at radius 3 is 2.90 bits per heavy atom. The third-order valence-electron chi connectivity index (χ3n) is 3.29. The van der Waals surface area contributed by atoms with Crippen molar-refractivity contribution in [1.29, 1.82) is 0 Å². The van der Waals surface area contributed by atoms with Gasteiger partial charge in [-0.05, 0) is 12.1 Å². The van der Waals surface area contributed by atoms with Gasteiger partial charge in [0, 0.05) is 13.0 Å². The maximum Gasteiger partial charge on any atom is 0.407 e. The highest BCUT2D eigenvalue weighted by Crippen LogP contribution is 2.26. The predicted octanol–water partition coefficient (Wildman–Crippen LogP) is 2.24. The maximum atomic E-state index is 13.3. The van der Waals surface area contributed by atoms with Crippen LogP contribution < -0.4 is 5.32 Å². The van der Waals surface area contributed by atoms with Crippen LogP contribution in [-0.2, 0) is 0 Å². The lowest BCUT2D eigenvalue weighted by Crippen LogP contribution is -2.38. The first kappa shape index (κ1) is 14.9. The Balaban J connectivity index is 2.09. The molecule has 1 aliphatic heterocycles. The zero-order valence-corrected chi connectivity index (χ0v) is 10.8. The van der Waals surface area contributed by atoms with Gasteiger partial charge in [-0.15, -0.1) is 0 Å². The molecule has 2 rings (SSSR count). The van der Waals surface area contributed by atoms with Gasteiger partial charge in [-0.2, -0.15) is 0 Å². The molecule has 1 aromatic rings. The second kappa shape index (κ2) is 5.90. The SMILES string of the molecule is O=C(O)N1CC(F)C[C@H]1CNc1ccc(F)cc1[N+](=O)[O-]. The normalized spacial score (nSPS) is 21.3. The molecular weight excluding hydrogens is 288 g/mol. The van der Waals surface area contributed by atoms with Gasteiger partial charge in [0.15, 0.2) is 0 Å². The summed E-state index contributed by atoms with van der Waals surface area (Å²) in [6.45, 7) is -0.202. The van der Waals surface area contributed by atoms with E-state index in [2.05, 4.69) is 5.32 Å². The Bertz CT molecular complexity index is 569. The van der Waals surface area contributed by atoms with Gasteiger partial charge in [0.25, 0.3) is 5.69 Å². The second-order valence-electron chi connectivity index (χ2n) is 4.72. The van der Waals surface area contributed by atoms with E-state index in [1.165, 1.54) is 6.07 Å². The Hall–Kier alpha value is -2.45. The topological polar surface area (TPSA) is 95.7 Å². The third-order valence-corrected chi connectivity index (χ3v) is 3.29. The van der Waals surface area contributed by atoms with Crippen LogP contribution in [0.2, 0.25) is 0 Å². The van der Waals surface area contributed by atoms with Crippen LogP contribution in [0.3, 0.4) is 0 Å². The molecule has 1 heterocycles. The van der Waals surface area contributed by atoms with E-state index in [0.717, 1.165) is 17.0 Å². The number of nitrogens with zero attached hydrogens (tertiary/aromatic N) is 2. The van der Waals surface area contributed by atoms with Crippen LogP contribution in [0.1, 0.15) is 6.42 Å². The standard InChI is InChI=1S/C12H13F2N3O4/c13-7-1-2-10(11(4-7)17(20)21)15-5-9-3-8(14)6-16(9)12(18)19/h1-2,4,8-9,15H,3,5-6H2,(H,18,19)/t8?,9-/m0/s1. The molecule has 21 heavy (non-hydrogen) atoms. The average molecular weight is 301 g/mol. The molecule has 1 saturated heterocycles. The van der Waals surface area contributed by atoms with Crippen molar-refractivity contribution in [2.45, 2.75) is 18.6 Å². The first-order valence-electron chi connectivity index (χ1n) is 6.20. The smallest absolute Gasteiger partial charge is 0.407 e. The van der Waals surface area contributed by atoms with Crippen molar-refractivity contribution < 1.29 is 23.6 Å². The third kappa shape index (κ3) is 3.36. The Morgan fingerprint density at radius 1 is 1.57 bits per heavy atom. The van der Waals surface area contributed by atoms with Gasteiger partial charge in [-0.1, -0.05) is 0 Å². The Kier molecular flexibility index (Phi) is 4.20. The number of halogens is 2. The number of amides is 1. The summed E-state index contributed by atoms with van der Waals surface area (Å²) in [6, 6.07) is 2.39. The van der Waals surface area contributed by atoms with Crippen LogP contribution in [0.4, 0.5) is 25.0 Å². The van der Waals surface area contributed by atoms with E-state index in [1.54, 1.807) is 0 Å². The summed E-state index contributed by atoms with van der Waals surface area (Å²) in [5.74, 6) is -0.746. The van der Waals surface area contributed by atoms with E-state index in [4.69, 9.17) is 5.11 Å². The molecule has 1 aliphatic rings. The number of carboxylic acid groups (broad SMARTS) is 1. The number of nitro groups is 1. The number of hydrogen-bond donors (Lipinski definition) is 2. The van der Waals surface area contributed by atoms with Gasteiger partial charge >= 0.3 is 6.09 Å². The van der Waals surface area contributed by atoms with E-state index in [0.29, 0.717) is 0 Å². The zero-order chi connectivity index (χ0) is 15.6. The fourth-order valence-corrected chi connectivity index (χ4v) is 2.32. The summed E-state index contributed by atoms with van der Waals surface area (Å²) in [5.41, 5.74) is -0.388. The molecule has 0 spiro atoms. The Morgan fingerprint density at radius 2 is 2.29 bits per heavy atom. The van der Waals surface area contributed by atoms with Crippen molar-refractivity contribution in [2.75, 3.05) is 18.4 Å². The summed E-state index contributed by atoms with van der Waals surface area (Å²) in [5, 5.41) is 22.5. The van der Waals surface area contributed by atoms with Crippen molar-refractivity contribution in [1.82, 2.24) is 4.90 Å². The molecule has 114 valence electrons. The van der Waals surface area contributed by atoms with Gasteiger partial charge in [0.1, 0.15) is 17.7 Å². The molecule has 2 N–H and O–H groups in total. The first-order valence-corrected chi connectivity index (χ1v) is 6.20. The molecule has 0 bridgehead atoms. The van der Waals surface area contributed by atoms with Crippen LogP contribution in [0.5, 0.6) is 0 Å². The summed E-state index contributed by atoms with van der Waals surface area (Å²) in [7, 11) is 0. The first-order chi connectivity index (χ1) is 9.88. The van der Waals surface area contributed by atoms with Crippen LogP contribution in [-0.4, -0.2) is 46.3 Å². The van der Waals surface area contributed by atoms with Gasteiger partial charge < -0.3 is 15.3 Å². The van der Waals surface area contributed by atoms with Crippen LogP contribution in [0, 0.1) is 15.9 Å². The van der Waals surface area contributed by atoms with Crippen LogP contribution >= 0.6 is 0 Å². The number of anilines is 1. The van der Waals surface area contributed by atoms with Crippen molar-refractivity contribution in [3.05, 3.63) is 34.1 Å². The van der Waals surface area contributed by atoms with E-state index in [-0.39, 0.29) is 25.2 Å². The molecule has 1 fully saturated rings. The quantitative estimate of drug-likeness (QED) is 0.656. The van der Waals surface area contributed by atoms with Crippen molar-refractivity contribution in [3.63, 3.8) is 0 Å². The number of benzene rings is 1. The van der Waals surface area contributed by atoms with E-state index in [9.17, 15) is 23.7 Å². The zero-order valence-electron chi connectivity index (χ0n) is 10.8. The minimum atomic E-state index is -1.25. The number of carbonyl (C=O) groups is 1. The molecule has 1 amide bonds. The molecule has 0 radical (unpaired) electrons. The summed E-state index contributed by atoms with van der Waals surface area (Å²) < 4.78 is 26.3. The lowest BCUT2D eigenvalue weighted by molar-refractivity contribution is -0.384. The van der Waals surface area contributed by atoms with Gasteiger partial charge in [0.05, 0.1) is 23.6 Å². The predicted molar refractivity (Wildman–Crippen MR) is 69.6 cm³/mol. The van der Waals surface area contributed by atoms with Gasteiger partial charge in [0.2, 0.25) is 0 Å². The van der Waals surface area contributed by atoms with Crippen molar-refractivity contribution in [2.24, 2.45) is 0 Å². The fourth-order valence-electron chi connectivity index (χ4n) is 2.32. The maximum absolute atomic E-state index is 13.3. The molecular formula is C12H13F2N3O4. The highest BCUT2D eigenvalue weighted by Gasteiger charge is 2.35. The molecule has 2 atom stereocenters. The number of rotatable bonds is 4. The van der Waals surface area contributed by atoms with E-state index in [1.807, 2.05) is 0 Å². The highest BCUT2D eigenvalue weighted by atomic mass is 19.1. The van der Waals surface area contributed by atoms with Gasteiger partial charge in [-0.3, -0.25) is 10.1 Å². The summed E-state index contributed by atoms with van der Waals surface area (Å²) in [4.78, 5) is 22.0. The molecule has 0 saturated carbocycles. The molecule has 1 aromatic carbocycles. The van der Waals surface area contributed by atoms with E-state index >= 15 is 0 Å². The van der Waals surface area contributed by atoms with Crippen molar-refractivity contribution >= 4 is 17.5 Å². The lowest BCUT2D eigenvalue weighted by atomic mass is 10.2. The van der Waals surface area contributed by atoms with Crippen molar-refractivity contribution in [3.8, 4) is 0 Å². The van der Waals surface area contributed by atoms with E-state index < -0.39 is 34.7 Å².